The van der Waals surface area contributed by atoms with Gasteiger partial charge in [0.25, 0.3) is 14.7 Å². The second-order valence-corrected chi connectivity index (χ2v) is 5.73. The molecule has 18 heavy (non-hydrogen) atoms. The molecule has 0 aliphatic heterocycles. The van der Waals surface area contributed by atoms with E-state index in [0.29, 0.717) is 5.69 Å². The number of nitrogens with zero attached hydrogens (tertiary/aromatic N) is 4. The number of aromatic nitrogens is 3. The summed E-state index contributed by atoms with van der Waals surface area (Å²) in [5.41, 5.74) is 0.168. The van der Waals surface area contributed by atoms with Crippen LogP contribution in [0.1, 0.15) is 0 Å². The van der Waals surface area contributed by atoms with E-state index in [1.165, 1.54) is 24.3 Å². The Morgan fingerprint density at radius 2 is 2.11 bits per heavy atom. The minimum Gasteiger partial charge on any atom is -0.258 e. The molecule has 2 rings (SSSR count). The molecule has 0 spiro atoms. The molecule has 0 amide bonds. The number of benzene rings is 1. The van der Waals surface area contributed by atoms with Crippen LogP contribution in [0.3, 0.4) is 0 Å². The highest BCUT2D eigenvalue weighted by atomic mass is 35.7. The summed E-state index contributed by atoms with van der Waals surface area (Å²) in [4.78, 5) is 10.0. The van der Waals surface area contributed by atoms with E-state index >= 15 is 0 Å². The Hall–Kier alpha value is -2.00. The molecular formula is C8H5ClN4O4S. The summed E-state index contributed by atoms with van der Waals surface area (Å²) in [6, 6.07) is 5.51. The van der Waals surface area contributed by atoms with Crippen LogP contribution in [0.25, 0.3) is 5.69 Å². The Bertz CT molecular complexity index is 711. The molecule has 0 N–H and O–H groups in total. The zero-order valence-corrected chi connectivity index (χ0v) is 10.2. The van der Waals surface area contributed by atoms with E-state index in [-0.39, 0.29) is 5.69 Å². The second kappa shape index (κ2) is 4.35. The van der Waals surface area contributed by atoms with Gasteiger partial charge in [-0.3, -0.25) is 10.1 Å². The van der Waals surface area contributed by atoms with Crippen molar-refractivity contribution in [3.63, 3.8) is 0 Å². The van der Waals surface area contributed by atoms with Crippen LogP contribution in [0.4, 0.5) is 5.69 Å². The highest BCUT2D eigenvalue weighted by molar-refractivity contribution is 8.13. The Labute approximate surface area is 105 Å². The summed E-state index contributed by atoms with van der Waals surface area (Å²) in [5.74, 6) is 0. The molecule has 1 aromatic carbocycles. The number of hydrogen-bond donors (Lipinski definition) is 0. The molecule has 0 unspecified atom stereocenters. The molecule has 1 aromatic heterocycles. The zero-order valence-electron chi connectivity index (χ0n) is 8.59. The van der Waals surface area contributed by atoms with Gasteiger partial charge in [-0.05, 0) is 6.07 Å². The molecule has 1 heterocycles. The fraction of sp³-hybridized carbons (Fsp3) is 0. The van der Waals surface area contributed by atoms with Gasteiger partial charge in [0.05, 0.1) is 16.8 Å². The van der Waals surface area contributed by atoms with E-state index in [0.717, 1.165) is 10.9 Å². The quantitative estimate of drug-likeness (QED) is 0.475. The molecule has 0 saturated carbocycles. The number of rotatable bonds is 3. The van der Waals surface area contributed by atoms with Gasteiger partial charge in [-0.15, -0.1) is 5.10 Å². The van der Waals surface area contributed by atoms with Gasteiger partial charge in [0.15, 0.2) is 0 Å². The third-order valence-electron chi connectivity index (χ3n) is 2.03. The van der Waals surface area contributed by atoms with Crippen molar-refractivity contribution in [1.29, 1.82) is 0 Å². The van der Waals surface area contributed by atoms with Crippen LogP contribution >= 0.6 is 10.7 Å². The molecule has 0 radical (unpaired) electrons. The lowest BCUT2D eigenvalue weighted by Crippen LogP contribution is -1.96. The van der Waals surface area contributed by atoms with E-state index < -0.39 is 19.0 Å². The monoisotopic (exact) mass is 288 g/mol. The van der Waals surface area contributed by atoms with Gasteiger partial charge >= 0.3 is 0 Å². The van der Waals surface area contributed by atoms with Crippen molar-refractivity contribution in [3.05, 3.63) is 40.6 Å². The van der Waals surface area contributed by atoms with Gasteiger partial charge in [0.2, 0.25) is 5.03 Å². The van der Waals surface area contributed by atoms with Gasteiger partial charge in [-0.1, -0.05) is 11.3 Å². The van der Waals surface area contributed by atoms with Crippen LogP contribution in [0.2, 0.25) is 0 Å². The first-order valence-electron chi connectivity index (χ1n) is 4.50. The number of hydrogen-bond acceptors (Lipinski definition) is 6. The van der Waals surface area contributed by atoms with E-state index in [9.17, 15) is 18.5 Å². The maximum absolute atomic E-state index is 11.0. The molecule has 0 atom stereocenters. The number of non-ortho nitro benzene ring substituents is 1. The smallest absolute Gasteiger partial charge is 0.258 e. The van der Waals surface area contributed by atoms with E-state index in [4.69, 9.17) is 10.7 Å². The van der Waals surface area contributed by atoms with Crippen LogP contribution < -0.4 is 0 Å². The second-order valence-electron chi connectivity index (χ2n) is 3.22. The van der Waals surface area contributed by atoms with Crippen molar-refractivity contribution in [2.45, 2.75) is 5.03 Å². The number of nitro benzene ring substituents is 1. The van der Waals surface area contributed by atoms with E-state index in [1.54, 1.807) is 0 Å². The van der Waals surface area contributed by atoms with E-state index in [1.807, 2.05) is 0 Å². The molecule has 2 aromatic rings. The number of nitro groups is 1. The van der Waals surface area contributed by atoms with Crippen molar-refractivity contribution in [3.8, 4) is 5.69 Å². The maximum atomic E-state index is 11.0. The molecule has 0 aliphatic carbocycles. The lowest BCUT2D eigenvalue weighted by atomic mass is 10.3. The fourth-order valence-electron chi connectivity index (χ4n) is 1.24. The van der Waals surface area contributed by atoms with Crippen molar-refractivity contribution in [2.24, 2.45) is 0 Å². The van der Waals surface area contributed by atoms with Gasteiger partial charge in [0.1, 0.15) is 0 Å². The highest BCUT2D eigenvalue weighted by Crippen LogP contribution is 2.17. The summed E-state index contributed by atoms with van der Waals surface area (Å²) in [6.45, 7) is 0. The lowest BCUT2D eigenvalue weighted by molar-refractivity contribution is -0.384. The largest absolute Gasteiger partial charge is 0.282 e. The normalized spacial score (nSPS) is 11.4. The summed E-state index contributed by atoms with van der Waals surface area (Å²) in [5, 5.41) is 17.1. The van der Waals surface area contributed by atoms with Crippen molar-refractivity contribution in [2.75, 3.05) is 0 Å². The lowest BCUT2D eigenvalue weighted by Gasteiger charge is -1.98. The first kappa shape index (κ1) is 12.5. The van der Waals surface area contributed by atoms with Crippen molar-refractivity contribution in [1.82, 2.24) is 15.0 Å². The number of halogens is 1. The highest BCUT2D eigenvalue weighted by Gasteiger charge is 2.16. The Balaban J connectivity index is 2.46. The van der Waals surface area contributed by atoms with Crippen molar-refractivity contribution >= 4 is 25.4 Å². The van der Waals surface area contributed by atoms with Gasteiger partial charge in [-0.25, -0.2) is 13.1 Å². The Morgan fingerprint density at radius 1 is 1.39 bits per heavy atom. The first-order valence-corrected chi connectivity index (χ1v) is 6.81. The van der Waals surface area contributed by atoms with Crippen LogP contribution in [-0.4, -0.2) is 28.3 Å². The predicted octanol–water partition coefficient (Wildman–Crippen LogP) is 1.10. The predicted molar refractivity (Wildman–Crippen MR) is 61.1 cm³/mol. The van der Waals surface area contributed by atoms with Gasteiger partial charge < -0.3 is 0 Å². The molecule has 10 heteroatoms. The van der Waals surface area contributed by atoms with Crippen molar-refractivity contribution < 1.29 is 13.3 Å². The van der Waals surface area contributed by atoms with Crippen LogP contribution in [-0.2, 0) is 9.05 Å². The van der Waals surface area contributed by atoms with Crippen LogP contribution in [0.15, 0.2) is 35.5 Å². The SMILES string of the molecule is O=[N+]([O-])c1cccc(-n2cc(S(=O)(=O)Cl)nn2)c1. The van der Waals surface area contributed by atoms with Gasteiger partial charge in [-0.2, -0.15) is 0 Å². The molecule has 0 saturated heterocycles. The molecule has 0 fully saturated rings. The molecule has 0 aliphatic rings. The third-order valence-corrected chi connectivity index (χ3v) is 3.19. The first-order chi connectivity index (χ1) is 8.38. The average molecular weight is 289 g/mol. The summed E-state index contributed by atoms with van der Waals surface area (Å²) < 4.78 is 23.1. The molecule has 8 nitrogen and oxygen atoms in total. The average Bonchev–Trinajstić information content (AvgIpc) is 2.78. The topological polar surface area (TPSA) is 108 Å². The minimum absolute atomic E-state index is 0.140. The van der Waals surface area contributed by atoms with E-state index in [2.05, 4.69) is 10.3 Å². The molecule has 94 valence electrons. The third kappa shape index (κ3) is 2.46. The van der Waals surface area contributed by atoms with Crippen LogP contribution in [0, 0.1) is 10.1 Å². The van der Waals surface area contributed by atoms with Gasteiger partial charge in [0, 0.05) is 22.8 Å². The zero-order chi connectivity index (χ0) is 13.3. The minimum atomic E-state index is -3.97. The fourth-order valence-corrected chi connectivity index (χ4v) is 1.81. The standard InChI is InChI=1S/C8H5ClN4O4S/c9-18(16,17)8-5-12(11-10-8)6-2-1-3-7(4-6)13(14)15/h1-5H. The molecular weight excluding hydrogens is 284 g/mol. The Morgan fingerprint density at radius 3 is 2.67 bits per heavy atom. The molecule has 0 bridgehead atoms. The summed E-state index contributed by atoms with van der Waals surface area (Å²) >= 11 is 0. The summed E-state index contributed by atoms with van der Waals surface area (Å²) in [7, 11) is 1.12. The Kier molecular flexibility index (Phi) is 3.01. The van der Waals surface area contributed by atoms with Crippen LogP contribution in [0.5, 0.6) is 0 Å². The summed E-state index contributed by atoms with van der Waals surface area (Å²) in [6.07, 6.45) is 1.07. The maximum Gasteiger partial charge on any atom is 0.282 e.